The van der Waals surface area contributed by atoms with Gasteiger partial charge in [-0.2, -0.15) is 0 Å². The number of aromatic nitrogens is 1. The van der Waals surface area contributed by atoms with E-state index >= 15 is 0 Å². The largest absolute Gasteiger partial charge is 0.367 e. The van der Waals surface area contributed by atoms with Crippen LogP contribution >= 0.6 is 0 Å². The van der Waals surface area contributed by atoms with Crippen LogP contribution in [-0.4, -0.2) is 10.9 Å². The van der Waals surface area contributed by atoms with E-state index in [0.29, 0.717) is 13.0 Å². The van der Waals surface area contributed by atoms with Gasteiger partial charge in [0.15, 0.2) is 0 Å². The summed E-state index contributed by atoms with van der Waals surface area (Å²) in [5, 5.41) is 2.88. The van der Waals surface area contributed by atoms with E-state index in [1.165, 1.54) is 5.57 Å². The summed E-state index contributed by atoms with van der Waals surface area (Å²) in [6.45, 7) is 0.600. The normalized spacial score (nSPS) is 14.0. The Morgan fingerprint density at radius 3 is 3.13 bits per heavy atom. The van der Waals surface area contributed by atoms with E-state index in [2.05, 4.69) is 16.4 Å². The Kier molecular flexibility index (Phi) is 3.02. The molecule has 2 N–H and O–H groups in total. The van der Waals surface area contributed by atoms with Crippen LogP contribution in [0, 0.1) is 0 Å². The first-order chi connectivity index (χ1) is 7.34. The Labute approximate surface area is 88.9 Å². The topological polar surface area (TPSA) is 44.9 Å². The van der Waals surface area contributed by atoms with Crippen LogP contribution in [0.25, 0.3) is 0 Å². The minimum atomic E-state index is 0.0890. The molecule has 1 aliphatic carbocycles. The highest BCUT2D eigenvalue weighted by molar-refractivity contribution is 5.78. The van der Waals surface area contributed by atoms with Crippen molar-refractivity contribution in [3.05, 3.63) is 47.8 Å². The second-order valence-electron chi connectivity index (χ2n) is 3.63. The number of H-pyrrole nitrogens is 1. The zero-order valence-electron chi connectivity index (χ0n) is 8.49. The lowest BCUT2D eigenvalue weighted by molar-refractivity contribution is -0.120. The van der Waals surface area contributed by atoms with Gasteiger partial charge in [0, 0.05) is 25.4 Å². The molecule has 0 saturated heterocycles. The SMILES string of the molecule is O=C(CC1=CC=CC1)NCc1cc[nH]c1. The first-order valence-electron chi connectivity index (χ1n) is 5.07. The van der Waals surface area contributed by atoms with E-state index in [9.17, 15) is 4.79 Å². The van der Waals surface area contributed by atoms with Gasteiger partial charge in [0.1, 0.15) is 0 Å². The van der Waals surface area contributed by atoms with Gasteiger partial charge >= 0.3 is 0 Å². The Hall–Kier alpha value is -1.77. The van der Waals surface area contributed by atoms with Crippen molar-refractivity contribution in [2.24, 2.45) is 0 Å². The fourth-order valence-corrected chi connectivity index (χ4v) is 1.56. The molecule has 78 valence electrons. The lowest BCUT2D eigenvalue weighted by Crippen LogP contribution is -2.22. The zero-order valence-corrected chi connectivity index (χ0v) is 8.49. The van der Waals surface area contributed by atoms with Crippen molar-refractivity contribution in [1.82, 2.24) is 10.3 Å². The zero-order chi connectivity index (χ0) is 10.5. The Morgan fingerprint density at radius 1 is 1.53 bits per heavy atom. The summed E-state index contributed by atoms with van der Waals surface area (Å²) < 4.78 is 0. The fourth-order valence-electron chi connectivity index (χ4n) is 1.56. The maximum Gasteiger partial charge on any atom is 0.224 e. The molecule has 3 nitrogen and oxygen atoms in total. The fraction of sp³-hybridized carbons (Fsp3) is 0.250. The van der Waals surface area contributed by atoms with E-state index < -0.39 is 0 Å². The minimum Gasteiger partial charge on any atom is -0.367 e. The van der Waals surface area contributed by atoms with Crippen LogP contribution in [0.5, 0.6) is 0 Å². The average molecular weight is 202 g/mol. The summed E-state index contributed by atoms with van der Waals surface area (Å²) in [4.78, 5) is 14.5. The molecule has 0 saturated carbocycles. The number of hydrogen-bond acceptors (Lipinski definition) is 1. The van der Waals surface area contributed by atoms with Crippen LogP contribution < -0.4 is 5.32 Å². The lowest BCUT2D eigenvalue weighted by Gasteiger charge is -2.04. The van der Waals surface area contributed by atoms with E-state index in [1.807, 2.05) is 30.6 Å². The van der Waals surface area contributed by atoms with Crippen molar-refractivity contribution < 1.29 is 4.79 Å². The number of hydrogen-bond donors (Lipinski definition) is 2. The third-order valence-corrected chi connectivity index (χ3v) is 2.39. The maximum atomic E-state index is 11.5. The van der Waals surface area contributed by atoms with Gasteiger partial charge in [-0.1, -0.05) is 23.8 Å². The van der Waals surface area contributed by atoms with Crippen LogP contribution in [0.2, 0.25) is 0 Å². The van der Waals surface area contributed by atoms with E-state index in [0.717, 1.165) is 12.0 Å². The molecule has 1 aromatic rings. The molecule has 0 fully saturated rings. The van der Waals surface area contributed by atoms with Gasteiger partial charge in [-0.15, -0.1) is 0 Å². The standard InChI is InChI=1S/C12H14N2O/c15-12(7-10-3-1-2-4-10)14-9-11-5-6-13-8-11/h1-3,5-6,8,13H,4,7,9H2,(H,14,15). The number of allylic oxidation sites excluding steroid dienone is 3. The summed E-state index contributed by atoms with van der Waals surface area (Å²) >= 11 is 0. The molecule has 0 bridgehead atoms. The minimum absolute atomic E-state index is 0.0890. The maximum absolute atomic E-state index is 11.5. The van der Waals surface area contributed by atoms with Gasteiger partial charge in [0.25, 0.3) is 0 Å². The van der Waals surface area contributed by atoms with Crippen LogP contribution in [0.3, 0.4) is 0 Å². The smallest absolute Gasteiger partial charge is 0.224 e. The first-order valence-corrected chi connectivity index (χ1v) is 5.07. The first kappa shape index (κ1) is 9.77. The number of aromatic amines is 1. The van der Waals surface area contributed by atoms with Gasteiger partial charge in [0.2, 0.25) is 5.91 Å². The highest BCUT2D eigenvalue weighted by Crippen LogP contribution is 2.13. The van der Waals surface area contributed by atoms with E-state index in [1.54, 1.807) is 0 Å². The molecule has 1 aliphatic rings. The number of carbonyl (C=O) groups is 1. The molecule has 0 spiro atoms. The van der Waals surface area contributed by atoms with Crippen molar-refractivity contribution in [2.45, 2.75) is 19.4 Å². The molecule has 1 amide bonds. The van der Waals surface area contributed by atoms with E-state index in [4.69, 9.17) is 0 Å². The van der Waals surface area contributed by atoms with Crippen LogP contribution in [0.4, 0.5) is 0 Å². The van der Waals surface area contributed by atoms with Crippen LogP contribution in [0.1, 0.15) is 18.4 Å². The van der Waals surface area contributed by atoms with Gasteiger partial charge in [-0.25, -0.2) is 0 Å². The van der Waals surface area contributed by atoms with Crippen molar-refractivity contribution in [2.75, 3.05) is 0 Å². The number of rotatable bonds is 4. The monoisotopic (exact) mass is 202 g/mol. The molecule has 0 atom stereocenters. The molecule has 0 aromatic carbocycles. The quantitative estimate of drug-likeness (QED) is 0.769. The summed E-state index contributed by atoms with van der Waals surface area (Å²) in [6.07, 6.45) is 11.2. The highest BCUT2D eigenvalue weighted by Gasteiger charge is 2.06. The predicted molar refractivity (Wildman–Crippen MR) is 59.1 cm³/mol. The molecule has 2 rings (SSSR count). The molecule has 1 heterocycles. The number of carbonyl (C=O) groups excluding carboxylic acids is 1. The van der Waals surface area contributed by atoms with Crippen LogP contribution in [-0.2, 0) is 11.3 Å². The Bertz CT molecular complexity index is 388. The van der Waals surface area contributed by atoms with Gasteiger partial charge < -0.3 is 10.3 Å². The third kappa shape index (κ3) is 2.84. The number of amides is 1. The summed E-state index contributed by atoms with van der Waals surface area (Å²) in [6, 6.07) is 1.96. The Balaban J connectivity index is 1.73. The van der Waals surface area contributed by atoms with Gasteiger partial charge in [-0.3, -0.25) is 4.79 Å². The summed E-state index contributed by atoms with van der Waals surface area (Å²) in [5.41, 5.74) is 2.28. The summed E-state index contributed by atoms with van der Waals surface area (Å²) in [5.74, 6) is 0.0890. The summed E-state index contributed by atoms with van der Waals surface area (Å²) in [7, 11) is 0. The second-order valence-corrected chi connectivity index (χ2v) is 3.63. The molecule has 0 aliphatic heterocycles. The molecular weight excluding hydrogens is 188 g/mol. The predicted octanol–water partition coefficient (Wildman–Crippen LogP) is 1.91. The highest BCUT2D eigenvalue weighted by atomic mass is 16.1. The molecule has 0 unspecified atom stereocenters. The van der Waals surface area contributed by atoms with Crippen molar-refractivity contribution >= 4 is 5.91 Å². The van der Waals surface area contributed by atoms with Gasteiger partial charge in [0.05, 0.1) is 0 Å². The molecule has 15 heavy (non-hydrogen) atoms. The molecule has 3 heteroatoms. The third-order valence-electron chi connectivity index (χ3n) is 2.39. The average Bonchev–Trinajstić information content (AvgIpc) is 2.86. The lowest BCUT2D eigenvalue weighted by atomic mass is 10.1. The van der Waals surface area contributed by atoms with E-state index in [-0.39, 0.29) is 5.91 Å². The molecule has 1 aromatic heterocycles. The van der Waals surface area contributed by atoms with Crippen LogP contribution in [0.15, 0.2) is 42.3 Å². The van der Waals surface area contributed by atoms with Crippen molar-refractivity contribution in [3.63, 3.8) is 0 Å². The van der Waals surface area contributed by atoms with Crippen molar-refractivity contribution in [3.8, 4) is 0 Å². The molecule has 0 radical (unpaired) electrons. The Morgan fingerprint density at radius 2 is 2.47 bits per heavy atom. The second kappa shape index (κ2) is 4.64. The van der Waals surface area contributed by atoms with Gasteiger partial charge in [-0.05, 0) is 18.1 Å². The van der Waals surface area contributed by atoms with Crippen molar-refractivity contribution in [1.29, 1.82) is 0 Å². The molecular formula is C12H14N2O. The number of nitrogens with one attached hydrogen (secondary N) is 2.